The van der Waals surface area contributed by atoms with Gasteiger partial charge in [-0.05, 0) is 79.3 Å². The molecule has 2 aliphatic heterocycles. The lowest BCUT2D eigenvalue weighted by molar-refractivity contribution is -0.699. The summed E-state index contributed by atoms with van der Waals surface area (Å²) in [6.45, 7) is 11.4. The predicted octanol–water partition coefficient (Wildman–Crippen LogP) is 1.01. The number of aliphatic hydroxyl groups is 5. The number of quaternary nitrogens is 1. The van der Waals surface area contributed by atoms with Crippen LogP contribution in [0.2, 0.25) is 0 Å². The monoisotopic (exact) mass is 649 g/mol. The Morgan fingerprint density at radius 2 is 1.87 bits per heavy atom. The number of ketones is 1. The van der Waals surface area contributed by atoms with Crippen molar-refractivity contribution in [2.75, 3.05) is 19.8 Å². The van der Waals surface area contributed by atoms with Crippen LogP contribution in [0.4, 0.5) is 0 Å². The van der Waals surface area contributed by atoms with Gasteiger partial charge in [-0.3, -0.25) is 10.5 Å². The normalized spacial score (nSPS) is 50.0. The fraction of sp³-hybridized carbons (Fsp3) is 0.917. The highest BCUT2D eigenvalue weighted by Crippen LogP contribution is 2.71. The van der Waals surface area contributed by atoms with Gasteiger partial charge in [-0.2, -0.15) is 0 Å². The number of fused-ring (bicyclic) bond motifs is 7. The van der Waals surface area contributed by atoms with Gasteiger partial charge in [0.15, 0.2) is 5.78 Å². The summed E-state index contributed by atoms with van der Waals surface area (Å²) in [4.78, 5) is 14.0. The maximum atomic E-state index is 14.0. The second kappa shape index (κ2) is 12.4. The third kappa shape index (κ3) is 5.28. The molecule has 2 saturated heterocycles. The number of aliphatic hydroxyl groups excluding tert-OH is 3. The van der Waals surface area contributed by atoms with Crippen LogP contribution in [0.15, 0.2) is 11.6 Å². The standard InChI is InChI=1S/C36H60N2O8/c1-19(2)20(3)30(42)32-35(43,10-12-39)31-28(46-32)18-36(44)23-15-25(40)24-16-27(45-13-8-21-7-11-38-29(37)14-21)26(41)17-33(24,4)22(23)6-9-34(31,36)5/h15,19-22,24,26-32,38-39,41-44H,6-14,16-18,37H2,1-5H3/p+1/t20-,21?,22+,24+,26-,27+,28-,29?,30-,31+,32+,33+,34+,35+,36-/m0/s1. The van der Waals surface area contributed by atoms with E-state index in [0.29, 0.717) is 43.8 Å². The number of hydrogen-bond donors (Lipinski definition) is 7. The number of rotatable bonds is 9. The van der Waals surface area contributed by atoms with Crippen molar-refractivity contribution in [2.45, 2.75) is 140 Å². The van der Waals surface area contributed by atoms with E-state index in [2.05, 4.69) is 12.2 Å². The molecule has 4 aliphatic carbocycles. The van der Waals surface area contributed by atoms with Crippen molar-refractivity contribution in [1.82, 2.24) is 0 Å². The summed E-state index contributed by atoms with van der Waals surface area (Å²) >= 11 is 0. The SMILES string of the molecule is CC(C)[C@H](C)[C@H](O)[C@H]1O[C@H]2C[C@]3(O)C4=CC(=O)[C@H]5C[C@@H](OCCC6CC[NH2+]C(N)C6)[C@@H](O)C[C@]5(C)[C@@H]4CC[C@]3(C)[C@@H]2[C@]1(O)CCO. The van der Waals surface area contributed by atoms with E-state index < -0.39 is 58.5 Å². The van der Waals surface area contributed by atoms with Crippen molar-refractivity contribution < 1.29 is 45.1 Å². The zero-order valence-electron chi connectivity index (χ0n) is 28.6. The molecule has 9 N–H and O–H groups in total. The number of piperidine rings is 1. The zero-order chi connectivity index (χ0) is 33.4. The minimum absolute atomic E-state index is 0.0247. The van der Waals surface area contributed by atoms with Crippen LogP contribution in [0.1, 0.15) is 92.4 Å². The van der Waals surface area contributed by atoms with Gasteiger partial charge in [0.2, 0.25) is 0 Å². The first-order valence-corrected chi connectivity index (χ1v) is 18.1. The van der Waals surface area contributed by atoms with Crippen molar-refractivity contribution in [3.8, 4) is 0 Å². The molecule has 6 aliphatic rings. The first-order valence-electron chi connectivity index (χ1n) is 18.1. The zero-order valence-corrected chi connectivity index (χ0v) is 28.6. The minimum Gasteiger partial charge on any atom is -0.396 e. The molecule has 46 heavy (non-hydrogen) atoms. The topological polar surface area (TPSA) is 179 Å². The second-order valence-corrected chi connectivity index (χ2v) is 17.0. The van der Waals surface area contributed by atoms with Gasteiger partial charge >= 0.3 is 0 Å². The smallest absolute Gasteiger partial charge is 0.159 e. The van der Waals surface area contributed by atoms with Crippen molar-refractivity contribution in [2.24, 2.45) is 52.1 Å². The van der Waals surface area contributed by atoms with Crippen LogP contribution in [-0.4, -0.2) is 99.0 Å². The largest absolute Gasteiger partial charge is 0.396 e. The van der Waals surface area contributed by atoms with E-state index >= 15 is 0 Å². The summed E-state index contributed by atoms with van der Waals surface area (Å²) in [6.07, 6.45) is 3.80. The highest BCUT2D eigenvalue weighted by Gasteiger charge is 2.76. The molecule has 3 saturated carbocycles. The molecule has 0 bridgehead atoms. The molecule has 10 nitrogen and oxygen atoms in total. The highest BCUT2D eigenvalue weighted by atomic mass is 16.5. The average molecular weight is 650 g/mol. The van der Waals surface area contributed by atoms with Crippen LogP contribution in [0.25, 0.3) is 0 Å². The van der Waals surface area contributed by atoms with Gasteiger partial charge in [0, 0.05) is 49.7 Å². The summed E-state index contributed by atoms with van der Waals surface area (Å²) in [5.41, 5.74) is 2.54. The molecule has 0 aromatic rings. The van der Waals surface area contributed by atoms with Crippen molar-refractivity contribution >= 4 is 5.78 Å². The Hall–Kier alpha value is -0.950. The van der Waals surface area contributed by atoms with E-state index in [-0.39, 0.29) is 55.1 Å². The lowest BCUT2D eigenvalue weighted by Crippen LogP contribution is -2.94. The van der Waals surface area contributed by atoms with Crippen LogP contribution >= 0.6 is 0 Å². The summed E-state index contributed by atoms with van der Waals surface area (Å²) in [5, 5.41) is 60.2. The lowest BCUT2D eigenvalue weighted by atomic mass is 9.45. The molecule has 0 radical (unpaired) electrons. The molecule has 0 spiro atoms. The summed E-state index contributed by atoms with van der Waals surface area (Å²) in [6, 6.07) is 0. The number of carbonyl (C=O) groups excluding carboxylic acids is 1. The fourth-order valence-electron chi connectivity index (χ4n) is 11.4. The Morgan fingerprint density at radius 1 is 1.13 bits per heavy atom. The average Bonchev–Trinajstić information content (AvgIpc) is 3.40. The Morgan fingerprint density at radius 3 is 2.54 bits per heavy atom. The molecule has 0 aromatic heterocycles. The fourth-order valence-corrected chi connectivity index (χ4v) is 11.4. The first kappa shape index (κ1) is 34.9. The van der Waals surface area contributed by atoms with E-state index in [1.54, 1.807) is 6.08 Å². The number of allylic oxidation sites excluding steroid dienone is 1. The maximum absolute atomic E-state index is 14.0. The maximum Gasteiger partial charge on any atom is 0.159 e. The molecule has 5 fully saturated rings. The molecule has 10 heteroatoms. The number of ether oxygens (including phenoxy) is 2. The molecule has 6 rings (SSSR count). The number of nitrogens with two attached hydrogens (primary N) is 2. The third-order valence-corrected chi connectivity index (χ3v) is 14.4. The van der Waals surface area contributed by atoms with Gasteiger partial charge < -0.3 is 40.3 Å². The van der Waals surface area contributed by atoms with Crippen molar-refractivity contribution in [1.29, 1.82) is 0 Å². The van der Waals surface area contributed by atoms with Gasteiger partial charge in [0.25, 0.3) is 0 Å². The van der Waals surface area contributed by atoms with Crippen molar-refractivity contribution in [3.05, 3.63) is 11.6 Å². The minimum atomic E-state index is -1.54. The molecule has 15 atom stereocenters. The third-order valence-electron chi connectivity index (χ3n) is 14.4. The molecular formula is C36H61N2O8+. The van der Waals surface area contributed by atoms with E-state index in [1.165, 1.54) is 0 Å². The van der Waals surface area contributed by atoms with Gasteiger partial charge in [0.1, 0.15) is 17.9 Å². The Balaban J connectivity index is 1.23. The van der Waals surface area contributed by atoms with Crippen LogP contribution in [0.3, 0.4) is 0 Å². The van der Waals surface area contributed by atoms with Gasteiger partial charge in [-0.1, -0.05) is 34.6 Å². The Labute approximate surface area is 274 Å². The quantitative estimate of drug-likeness (QED) is 0.192. The summed E-state index contributed by atoms with van der Waals surface area (Å²) < 4.78 is 12.8. The van der Waals surface area contributed by atoms with Gasteiger partial charge in [-0.25, -0.2) is 0 Å². The van der Waals surface area contributed by atoms with Crippen LogP contribution < -0.4 is 11.1 Å². The lowest BCUT2D eigenvalue weighted by Gasteiger charge is -2.60. The highest BCUT2D eigenvalue weighted by molar-refractivity contribution is 5.95. The first-order chi connectivity index (χ1) is 21.6. The van der Waals surface area contributed by atoms with Gasteiger partial charge in [0.05, 0.1) is 36.6 Å². The summed E-state index contributed by atoms with van der Waals surface area (Å²) in [5.74, 6) is -0.406. The Kier molecular flexibility index (Phi) is 9.43. The van der Waals surface area contributed by atoms with Crippen LogP contribution in [0, 0.1) is 46.3 Å². The van der Waals surface area contributed by atoms with Crippen molar-refractivity contribution in [3.63, 3.8) is 0 Å². The number of hydrogen-bond acceptors (Lipinski definition) is 9. The molecule has 2 heterocycles. The molecule has 262 valence electrons. The van der Waals surface area contributed by atoms with E-state index in [1.807, 2.05) is 27.7 Å². The second-order valence-electron chi connectivity index (χ2n) is 17.0. The Bertz CT molecular complexity index is 1180. The number of carbonyl (C=O) groups is 1. The molecular weight excluding hydrogens is 588 g/mol. The molecule has 0 amide bonds. The van der Waals surface area contributed by atoms with Crippen LogP contribution in [-0.2, 0) is 14.3 Å². The predicted molar refractivity (Wildman–Crippen MR) is 171 cm³/mol. The van der Waals surface area contributed by atoms with E-state index in [4.69, 9.17) is 15.2 Å². The van der Waals surface area contributed by atoms with E-state index in [0.717, 1.165) is 25.8 Å². The summed E-state index contributed by atoms with van der Waals surface area (Å²) in [7, 11) is 0. The molecule has 0 aromatic carbocycles. The molecule has 2 unspecified atom stereocenters. The van der Waals surface area contributed by atoms with E-state index in [9.17, 15) is 30.3 Å². The van der Waals surface area contributed by atoms with Gasteiger partial charge in [-0.15, -0.1) is 0 Å². The van der Waals surface area contributed by atoms with Crippen LogP contribution in [0.5, 0.6) is 0 Å².